The number of nitrogens with zero attached hydrogens (tertiary/aromatic N) is 2. The lowest BCUT2D eigenvalue weighted by Gasteiger charge is -2.28. The Morgan fingerprint density at radius 2 is 1.92 bits per heavy atom. The Morgan fingerprint density at radius 1 is 1.33 bits per heavy atom. The van der Waals surface area contributed by atoms with Crippen molar-refractivity contribution in [2.75, 3.05) is 20.1 Å². The zero-order valence-electron chi connectivity index (χ0n) is 13.7. The molecule has 132 valence electrons. The van der Waals surface area contributed by atoms with E-state index >= 15 is 0 Å². The maximum Gasteiger partial charge on any atom is 0.273 e. The summed E-state index contributed by atoms with van der Waals surface area (Å²) in [4.78, 5) is 18.0. The number of rotatable bonds is 5. The molecule has 0 atom stereocenters. The van der Waals surface area contributed by atoms with Gasteiger partial charge in [0, 0.05) is 19.0 Å². The predicted octanol–water partition coefficient (Wildman–Crippen LogP) is 3.57. The molecule has 8 heteroatoms. The third kappa shape index (κ3) is 4.49. The van der Waals surface area contributed by atoms with Crippen LogP contribution in [0.3, 0.4) is 0 Å². The van der Waals surface area contributed by atoms with Gasteiger partial charge in [0.15, 0.2) is 0 Å². The van der Waals surface area contributed by atoms with Crippen molar-refractivity contribution in [1.29, 1.82) is 0 Å². The molecule has 0 fully saturated rings. The molecular weight excluding hydrogens is 356 g/mol. The fraction of sp³-hybridized carbons (Fsp3) is 0.375. The minimum absolute atomic E-state index is 0. The lowest BCUT2D eigenvalue weighted by molar-refractivity contribution is 0.0735. The van der Waals surface area contributed by atoms with Crippen molar-refractivity contribution < 1.29 is 13.6 Å². The van der Waals surface area contributed by atoms with Gasteiger partial charge in [-0.15, -0.1) is 23.7 Å². The van der Waals surface area contributed by atoms with E-state index in [9.17, 15) is 13.6 Å². The van der Waals surface area contributed by atoms with E-state index in [4.69, 9.17) is 5.73 Å². The van der Waals surface area contributed by atoms with E-state index in [-0.39, 0.29) is 40.0 Å². The molecule has 0 saturated carbocycles. The number of halogens is 3. The molecule has 0 spiro atoms. The third-order valence-electron chi connectivity index (χ3n) is 3.46. The first-order valence-corrected chi connectivity index (χ1v) is 7.98. The van der Waals surface area contributed by atoms with E-state index in [2.05, 4.69) is 4.98 Å². The maximum atomic E-state index is 13.8. The molecule has 0 saturated heterocycles. The Labute approximate surface area is 150 Å². The van der Waals surface area contributed by atoms with E-state index in [1.807, 2.05) is 13.8 Å². The first-order valence-electron chi connectivity index (χ1n) is 7.10. The second kappa shape index (κ2) is 8.00. The largest absolute Gasteiger partial charge is 0.340 e. The average molecular weight is 376 g/mol. The highest BCUT2D eigenvalue weighted by Crippen LogP contribution is 2.29. The summed E-state index contributed by atoms with van der Waals surface area (Å²) in [6.07, 6.45) is 0. The number of carbonyl (C=O) groups is 1. The van der Waals surface area contributed by atoms with E-state index in [0.717, 1.165) is 23.5 Å². The molecule has 0 aliphatic rings. The first kappa shape index (κ1) is 20.5. The number of hydrogen-bond donors (Lipinski definition) is 1. The summed E-state index contributed by atoms with van der Waals surface area (Å²) in [7, 11) is 1.66. The molecule has 0 bridgehead atoms. The predicted molar refractivity (Wildman–Crippen MR) is 94.5 cm³/mol. The lowest BCUT2D eigenvalue weighted by Crippen LogP contribution is -2.39. The van der Waals surface area contributed by atoms with Crippen molar-refractivity contribution in [1.82, 2.24) is 9.88 Å². The summed E-state index contributed by atoms with van der Waals surface area (Å²) in [5.41, 5.74) is 5.41. The normalized spacial score (nSPS) is 11.1. The van der Waals surface area contributed by atoms with Crippen molar-refractivity contribution in [2.24, 2.45) is 11.1 Å². The van der Waals surface area contributed by atoms with Crippen molar-refractivity contribution in [2.45, 2.75) is 13.8 Å². The number of carbonyl (C=O) groups excluding carboxylic acids is 1. The summed E-state index contributed by atoms with van der Waals surface area (Å²) < 4.78 is 27.6. The maximum absolute atomic E-state index is 13.8. The van der Waals surface area contributed by atoms with Gasteiger partial charge in [-0.1, -0.05) is 19.9 Å². The van der Waals surface area contributed by atoms with Crippen molar-refractivity contribution in [3.63, 3.8) is 0 Å². The van der Waals surface area contributed by atoms with Crippen LogP contribution in [0.25, 0.3) is 10.6 Å². The van der Waals surface area contributed by atoms with Gasteiger partial charge in [-0.25, -0.2) is 13.8 Å². The van der Waals surface area contributed by atoms with Crippen LogP contribution < -0.4 is 5.73 Å². The molecule has 4 nitrogen and oxygen atoms in total. The molecule has 2 aromatic rings. The molecule has 0 aliphatic carbocycles. The smallest absolute Gasteiger partial charge is 0.273 e. The summed E-state index contributed by atoms with van der Waals surface area (Å²) in [6, 6.07) is 3.62. The number of benzene rings is 1. The summed E-state index contributed by atoms with van der Waals surface area (Å²) in [5, 5.41) is 1.66. The van der Waals surface area contributed by atoms with Crippen LogP contribution in [0.5, 0.6) is 0 Å². The fourth-order valence-electron chi connectivity index (χ4n) is 2.16. The molecule has 1 amide bonds. The second-order valence-corrected chi connectivity index (χ2v) is 7.02. The zero-order valence-corrected chi connectivity index (χ0v) is 15.3. The Bertz CT molecular complexity index is 701. The van der Waals surface area contributed by atoms with E-state index in [1.165, 1.54) is 16.3 Å². The highest BCUT2D eigenvalue weighted by atomic mass is 35.5. The Balaban J connectivity index is 0.00000288. The third-order valence-corrected chi connectivity index (χ3v) is 4.32. The number of thiazole rings is 1. The first-order chi connectivity index (χ1) is 10.7. The van der Waals surface area contributed by atoms with Crippen LogP contribution in [0, 0.1) is 17.0 Å². The fourth-order valence-corrected chi connectivity index (χ4v) is 3.00. The molecular formula is C16H20ClF2N3OS. The topological polar surface area (TPSA) is 59.2 Å². The molecule has 1 aromatic heterocycles. The number of hydrogen-bond acceptors (Lipinski definition) is 4. The van der Waals surface area contributed by atoms with Crippen molar-refractivity contribution >= 4 is 29.7 Å². The molecule has 1 aromatic carbocycles. The SMILES string of the molecule is CN(CC(C)(C)CN)C(=O)c1csc(-c2c(F)cccc2F)n1.Cl. The van der Waals surface area contributed by atoms with Gasteiger partial charge in [-0.2, -0.15) is 0 Å². The van der Waals surface area contributed by atoms with E-state index in [1.54, 1.807) is 7.05 Å². The molecule has 0 aliphatic heterocycles. The van der Waals surface area contributed by atoms with Crippen LogP contribution >= 0.6 is 23.7 Å². The Kier molecular flexibility index (Phi) is 6.83. The zero-order chi connectivity index (χ0) is 17.2. The van der Waals surface area contributed by atoms with Gasteiger partial charge < -0.3 is 10.6 Å². The van der Waals surface area contributed by atoms with Crippen LogP contribution in [-0.2, 0) is 0 Å². The molecule has 24 heavy (non-hydrogen) atoms. The van der Waals surface area contributed by atoms with Crippen LogP contribution in [0.4, 0.5) is 8.78 Å². The van der Waals surface area contributed by atoms with Gasteiger partial charge in [0.2, 0.25) is 0 Å². The van der Waals surface area contributed by atoms with Gasteiger partial charge >= 0.3 is 0 Å². The second-order valence-electron chi connectivity index (χ2n) is 6.16. The number of aromatic nitrogens is 1. The summed E-state index contributed by atoms with van der Waals surface area (Å²) in [6.45, 7) is 4.81. The molecule has 1 heterocycles. The highest BCUT2D eigenvalue weighted by molar-refractivity contribution is 7.13. The van der Waals surface area contributed by atoms with Crippen LogP contribution in [0.2, 0.25) is 0 Å². The minimum atomic E-state index is -0.698. The minimum Gasteiger partial charge on any atom is -0.340 e. The molecule has 2 N–H and O–H groups in total. The summed E-state index contributed by atoms with van der Waals surface area (Å²) >= 11 is 1.04. The van der Waals surface area contributed by atoms with Crippen molar-refractivity contribution in [3.8, 4) is 10.6 Å². The highest BCUT2D eigenvalue weighted by Gasteiger charge is 2.24. The number of amides is 1. The van der Waals surface area contributed by atoms with Gasteiger partial charge in [0.05, 0.1) is 5.56 Å². The standard InChI is InChI=1S/C16H19F2N3OS.ClH/c1-16(2,8-19)9-21(3)15(22)12-7-23-14(20-12)13-10(17)5-4-6-11(13)18;/h4-7H,8-9,19H2,1-3H3;1H. The van der Waals surface area contributed by atoms with Gasteiger partial charge in [-0.05, 0) is 24.1 Å². The van der Waals surface area contributed by atoms with E-state index in [0.29, 0.717) is 13.1 Å². The van der Waals surface area contributed by atoms with Gasteiger partial charge in [0.1, 0.15) is 22.3 Å². The molecule has 0 radical (unpaired) electrons. The monoisotopic (exact) mass is 375 g/mol. The van der Waals surface area contributed by atoms with Crippen LogP contribution in [0.15, 0.2) is 23.6 Å². The molecule has 0 unspecified atom stereocenters. The Morgan fingerprint density at radius 3 is 2.46 bits per heavy atom. The average Bonchev–Trinajstić information content (AvgIpc) is 2.95. The quantitative estimate of drug-likeness (QED) is 0.869. The van der Waals surface area contributed by atoms with Gasteiger partial charge in [-0.3, -0.25) is 4.79 Å². The lowest BCUT2D eigenvalue weighted by atomic mass is 9.93. The van der Waals surface area contributed by atoms with Gasteiger partial charge in [0.25, 0.3) is 5.91 Å². The van der Waals surface area contributed by atoms with Crippen molar-refractivity contribution in [3.05, 3.63) is 40.9 Å². The number of nitrogens with two attached hydrogens (primary N) is 1. The summed E-state index contributed by atoms with van der Waals surface area (Å²) in [5.74, 6) is -1.70. The van der Waals surface area contributed by atoms with Crippen LogP contribution in [-0.4, -0.2) is 35.9 Å². The molecule has 2 rings (SSSR count). The van der Waals surface area contributed by atoms with E-state index < -0.39 is 11.6 Å². The van der Waals surface area contributed by atoms with Crippen LogP contribution in [0.1, 0.15) is 24.3 Å². The Hall–Kier alpha value is -1.57.